The van der Waals surface area contributed by atoms with Crippen LogP contribution in [0, 0.1) is 0 Å². The van der Waals surface area contributed by atoms with Crippen LogP contribution in [0.4, 0.5) is 0 Å². The van der Waals surface area contributed by atoms with Gasteiger partial charge in [-0.25, -0.2) is 0 Å². The highest BCUT2D eigenvalue weighted by atomic mass is 16.5. The lowest BCUT2D eigenvalue weighted by Gasteiger charge is -2.20. The molecule has 0 saturated carbocycles. The van der Waals surface area contributed by atoms with E-state index in [2.05, 4.69) is 55.6 Å². The van der Waals surface area contributed by atoms with Gasteiger partial charge in [0, 0.05) is 12.8 Å². The van der Waals surface area contributed by atoms with Crippen molar-refractivity contribution in [2.24, 2.45) is 0 Å². The Balaban J connectivity index is 3.41. The standard InChI is InChI=1S/C70H131NO5/c1-3-5-7-9-11-13-15-17-38-42-46-50-54-58-62-68(73)67(66-72)71-69(74)63-59-55-51-47-43-39-36-34-32-30-28-26-24-22-20-19-21-23-25-27-29-31-33-35-37-41-45-49-53-57-61-65-76-70(75)64-60-56-52-48-44-40-18-16-14-12-10-8-6-4-2/h16,18,21,23,27,29,58,62,67-68,72-73H,3-15,17,19-20,22,24-26,28,30-57,59-61,63-66H2,1-2H3,(H,71,74)/b18-16-,23-21-,29-27-,62-58+. The summed E-state index contributed by atoms with van der Waals surface area (Å²) in [4.78, 5) is 24.5. The molecular formula is C70H131NO5. The minimum atomic E-state index is -0.844. The van der Waals surface area contributed by atoms with E-state index in [0.717, 1.165) is 51.4 Å². The number of amides is 1. The molecule has 0 saturated heterocycles. The fourth-order valence-electron chi connectivity index (χ4n) is 10.4. The van der Waals surface area contributed by atoms with Crippen molar-refractivity contribution in [3.05, 3.63) is 48.6 Å². The monoisotopic (exact) mass is 1070 g/mol. The third-order valence-corrected chi connectivity index (χ3v) is 15.6. The zero-order valence-electron chi connectivity index (χ0n) is 51.0. The maximum absolute atomic E-state index is 12.5. The Bertz CT molecular complexity index is 1270. The van der Waals surface area contributed by atoms with E-state index in [9.17, 15) is 19.8 Å². The van der Waals surface area contributed by atoms with E-state index in [1.54, 1.807) is 6.08 Å². The van der Waals surface area contributed by atoms with Gasteiger partial charge >= 0.3 is 5.97 Å². The summed E-state index contributed by atoms with van der Waals surface area (Å²) in [5.74, 6) is -0.0622. The Morgan fingerprint density at radius 1 is 0.368 bits per heavy atom. The number of unbranched alkanes of at least 4 members (excludes halogenated alkanes) is 46. The lowest BCUT2D eigenvalue weighted by Crippen LogP contribution is -2.45. The molecule has 0 aromatic carbocycles. The molecule has 0 radical (unpaired) electrons. The van der Waals surface area contributed by atoms with Crippen molar-refractivity contribution in [3.8, 4) is 0 Å². The molecule has 0 spiro atoms. The minimum absolute atomic E-state index is 0.00423. The van der Waals surface area contributed by atoms with Crippen molar-refractivity contribution in [2.45, 2.75) is 373 Å². The van der Waals surface area contributed by atoms with E-state index in [-0.39, 0.29) is 18.5 Å². The second-order valence-electron chi connectivity index (χ2n) is 23.1. The van der Waals surface area contributed by atoms with Crippen LogP contribution in [0.3, 0.4) is 0 Å². The Kier molecular flexibility index (Phi) is 63.5. The largest absolute Gasteiger partial charge is 0.466 e. The molecule has 0 aromatic heterocycles. The summed E-state index contributed by atoms with van der Waals surface area (Å²) in [6, 6.07) is -0.627. The molecule has 3 N–H and O–H groups in total. The number of nitrogens with one attached hydrogen (secondary N) is 1. The average molecular weight is 1070 g/mol. The summed E-state index contributed by atoms with van der Waals surface area (Å²) in [5.41, 5.74) is 0. The molecule has 6 nitrogen and oxygen atoms in total. The molecule has 0 aliphatic carbocycles. The molecule has 0 aliphatic rings. The summed E-state index contributed by atoms with van der Waals surface area (Å²) < 4.78 is 5.48. The lowest BCUT2D eigenvalue weighted by molar-refractivity contribution is -0.143. The molecule has 446 valence electrons. The summed E-state index contributed by atoms with van der Waals surface area (Å²) in [6.45, 7) is 4.90. The van der Waals surface area contributed by atoms with E-state index < -0.39 is 12.1 Å². The smallest absolute Gasteiger partial charge is 0.305 e. The zero-order valence-corrected chi connectivity index (χ0v) is 51.0. The summed E-state index contributed by atoms with van der Waals surface area (Å²) in [7, 11) is 0. The first-order chi connectivity index (χ1) is 37.5. The molecule has 0 aliphatic heterocycles. The molecule has 0 rings (SSSR count). The number of aliphatic hydroxyl groups is 2. The van der Waals surface area contributed by atoms with Crippen molar-refractivity contribution in [1.29, 1.82) is 0 Å². The number of rotatable bonds is 63. The third-order valence-electron chi connectivity index (χ3n) is 15.6. The van der Waals surface area contributed by atoms with Gasteiger partial charge in [-0.2, -0.15) is 0 Å². The number of carbonyl (C=O) groups excluding carboxylic acids is 2. The van der Waals surface area contributed by atoms with Crippen LogP contribution in [0.1, 0.15) is 361 Å². The number of carbonyl (C=O) groups is 2. The van der Waals surface area contributed by atoms with Crippen LogP contribution in [0.25, 0.3) is 0 Å². The quantitative estimate of drug-likeness (QED) is 0.0320. The van der Waals surface area contributed by atoms with Crippen LogP contribution >= 0.6 is 0 Å². The molecule has 76 heavy (non-hydrogen) atoms. The first-order valence-corrected chi connectivity index (χ1v) is 33.9. The van der Waals surface area contributed by atoms with Crippen molar-refractivity contribution in [2.75, 3.05) is 13.2 Å². The molecule has 0 heterocycles. The predicted octanol–water partition coefficient (Wildman–Crippen LogP) is 21.7. The van der Waals surface area contributed by atoms with E-state index in [1.165, 1.54) is 283 Å². The number of hydrogen-bond acceptors (Lipinski definition) is 5. The van der Waals surface area contributed by atoms with Crippen molar-refractivity contribution >= 4 is 11.9 Å². The Morgan fingerprint density at radius 3 is 1.01 bits per heavy atom. The van der Waals surface area contributed by atoms with Gasteiger partial charge in [0.05, 0.1) is 25.4 Å². The summed E-state index contributed by atoms with van der Waals surface area (Å²) in [5, 5.41) is 23.1. The van der Waals surface area contributed by atoms with Crippen molar-refractivity contribution < 1.29 is 24.5 Å². The topological polar surface area (TPSA) is 95.9 Å². The average Bonchev–Trinajstić information content (AvgIpc) is 3.42. The first kappa shape index (κ1) is 73.8. The van der Waals surface area contributed by atoms with Gasteiger partial charge < -0.3 is 20.3 Å². The number of ether oxygens (including phenoxy) is 1. The molecule has 0 bridgehead atoms. The van der Waals surface area contributed by atoms with Gasteiger partial charge in [0.1, 0.15) is 0 Å². The minimum Gasteiger partial charge on any atom is -0.466 e. The molecule has 0 aromatic rings. The van der Waals surface area contributed by atoms with E-state index in [0.29, 0.717) is 19.4 Å². The highest BCUT2D eigenvalue weighted by Gasteiger charge is 2.18. The molecule has 6 heteroatoms. The van der Waals surface area contributed by atoms with Crippen LogP contribution < -0.4 is 5.32 Å². The van der Waals surface area contributed by atoms with Crippen molar-refractivity contribution in [1.82, 2.24) is 5.32 Å². The number of aliphatic hydroxyl groups excluding tert-OH is 2. The number of hydrogen-bond donors (Lipinski definition) is 3. The summed E-state index contributed by atoms with van der Waals surface area (Å²) >= 11 is 0. The first-order valence-electron chi connectivity index (χ1n) is 33.9. The van der Waals surface area contributed by atoms with Crippen LogP contribution in [-0.2, 0) is 14.3 Å². The third kappa shape index (κ3) is 61.0. The Hall–Kier alpha value is -2.18. The maximum atomic E-state index is 12.5. The highest BCUT2D eigenvalue weighted by molar-refractivity contribution is 5.76. The lowest BCUT2D eigenvalue weighted by atomic mass is 10.0. The molecular weight excluding hydrogens is 935 g/mol. The van der Waals surface area contributed by atoms with Gasteiger partial charge in [-0.15, -0.1) is 0 Å². The fraction of sp³-hybridized carbons (Fsp3) is 0.857. The fourth-order valence-corrected chi connectivity index (χ4v) is 10.4. The second kappa shape index (κ2) is 65.3. The van der Waals surface area contributed by atoms with Crippen LogP contribution in [0.15, 0.2) is 48.6 Å². The normalized spacial score (nSPS) is 12.8. The van der Waals surface area contributed by atoms with Gasteiger partial charge in [0.15, 0.2) is 0 Å². The molecule has 1 amide bonds. The maximum Gasteiger partial charge on any atom is 0.305 e. The predicted molar refractivity (Wildman–Crippen MR) is 333 cm³/mol. The Labute approximate surface area is 474 Å². The number of esters is 1. The zero-order chi connectivity index (χ0) is 55.0. The molecule has 0 fully saturated rings. The molecule has 2 atom stereocenters. The second-order valence-corrected chi connectivity index (χ2v) is 23.1. The molecule has 2 unspecified atom stereocenters. The van der Waals surface area contributed by atoms with Crippen LogP contribution in [0.5, 0.6) is 0 Å². The summed E-state index contributed by atoms with van der Waals surface area (Å²) in [6.07, 6.45) is 84.7. The highest BCUT2D eigenvalue weighted by Crippen LogP contribution is 2.17. The van der Waals surface area contributed by atoms with E-state index in [1.807, 2.05) is 6.08 Å². The van der Waals surface area contributed by atoms with Crippen LogP contribution in [0.2, 0.25) is 0 Å². The van der Waals surface area contributed by atoms with Gasteiger partial charge in [-0.1, -0.05) is 306 Å². The van der Waals surface area contributed by atoms with E-state index in [4.69, 9.17) is 4.74 Å². The van der Waals surface area contributed by atoms with Gasteiger partial charge in [-0.05, 0) is 89.9 Å². The van der Waals surface area contributed by atoms with E-state index >= 15 is 0 Å². The van der Waals surface area contributed by atoms with Gasteiger partial charge in [0.25, 0.3) is 0 Å². The van der Waals surface area contributed by atoms with Gasteiger partial charge in [0.2, 0.25) is 5.91 Å². The van der Waals surface area contributed by atoms with Crippen molar-refractivity contribution in [3.63, 3.8) is 0 Å². The van der Waals surface area contributed by atoms with Gasteiger partial charge in [-0.3, -0.25) is 9.59 Å². The Morgan fingerprint density at radius 2 is 0.658 bits per heavy atom. The number of allylic oxidation sites excluding steroid dienone is 7. The SMILES string of the molecule is CCCCCCC/C=C\CCCCCCCC(=O)OCCCCCCCCCCC/C=C\C/C=C\CCCCCCCCCCCCCCCCCC(=O)NC(CO)C(O)/C=C/CCCCCCCCCCCCCC. The van der Waals surface area contributed by atoms with Crippen LogP contribution in [-0.4, -0.2) is 47.4 Å².